The molecule has 0 fully saturated rings. The molecule has 6 heteroatoms. The van der Waals surface area contributed by atoms with Gasteiger partial charge in [-0.05, 0) is 56.7 Å². The van der Waals surface area contributed by atoms with Gasteiger partial charge in [0.25, 0.3) is 5.56 Å². The Kier molecular flexibility index (Phi) is 3.73. The van der Waals surface area contributed by atoms with Crippen LogP contribution in [0.15, 0.2) is 35.1 Å². The van der Waals surface area contributed by atoms with Crippen LogP contribution in [0, 0.1) is 13.8 Å². The molecule has 0 unspecified atom stereocenters. The van der Waals surface area contributed by atoms with Crippen LogP contribution in [0.2, 0.25) is 0 Å². The van der Waals surface area contributed by atoms with Crippen LogP contribution >= 0.6 is 0 Å². The van der Waals surface area contributed by atoms with Gasteiger partial charge in [-0.3, -0.25) is 18.8 Å². The third-order valence-corrected chi connectivity index (χ3v) is 5.00. The van der Waals surface area contributed by atoms with Crippen molar-refractivity contribution in [3.63, 3.8) is 0 Å². The van der Waals surface area contributed by atoms with Gasteiger partial charge in [0.1, 0.15) is 5.82 Å². The molecule has 2 heterocycles. The highest BCUT2D eigenvalue weighted by Crippen LogP contribution is 2.26. The van der Waals surface area contributed by atoms with E-state index in [1.54, 1.807) is 23.7 Å². The van der Waals surface area contributed by atoms with Crippen LogP contribution in [0.5, 0.6) is 0 Å². The summed E-state index contributed by atoms with van der Waals surface area (Å²) in [6, 6.07) is 9.47. The van der Waals surface area contributed by atoms with Crippen LogP contribution in [0.25, 0.3) is 33.2 Å². The Morgan fingerprint density at radius 1 is 1.04 bits per heavy atom. The van der Waals surface area contributed by atoms with Gasteiger partial charge < -0.3 is 0 Å². The lowest BCUT2D eigenvalue weighted by atomic mass is 10.0. The fourth-order valence-corrected chi connectivity index (χ4v) is 3.63. The molecule has 27 heavy (non-hydrogen) atoms. The van der Waals surface area contributed by atoms with Gasteiger partial charge in [-0.1, -0.05) is 0 Å². The molecule has 0 bridgehead atoms. The van der Waals surface area contributed by atoms with Gasteiger partial charge in [0, 0.05) is 30.6 Å². The summed E-state index contributed by atoms with van der Waals surface area (Å²) in [5.41, 5.74) is 4.38. The number of benzene rings is 2. The highest BCUT2D eigenvalue weighted by atomic mass is 16.1. The zero-order chi connectivity index (χ0) is 19.5. The van der Waals surface area contributed by atoms with Crippen molar-refractivity contribution in [2.45, 2.75) is 20.8 Å². The second-order valence-corrected chi connectivity index (χ2v) is 7.01. The molecule has 0 aliphatic rings. The summed E-state index contributed by atoms with van der Waals surface area (Å²) in [4.78, 5) is 29.8. The van der Waals surface area contributed by atoms with E-state index in [-0.39, 0.29) is 11.3 Å². The first-order valence-electron chi connectivity index (χ1n) is 8.74. The lowest BCUT2D eigenvalue weighted by Gasteiger charge is -2.12. The predicted octanol–water partition coefficient (Wildman–Crippen LogP) is 3.31. The third-order valence-electron chi connectivity index (χ3n) is 5.00. The summed E-state index contributed by atoms with van der Waals surface area (Å²) in [5.74, 6) is 0.429. The monoisotopic (exact) mass is 360 g/mol. The lowest BCUT2D eigenvalue weighted by Crippen LogP contribution is -2.21. The van der Waals surface area contributed by atoms with E-state index in [1.807, 2.05) is 43.8 Å². The second kappa shape index (κ2) is 5.87. The average molecular weight is 360 g/mol. The molecule has 2 aromatic carbocycles. The fourth-order valence-electron chi connectivity index (χ4n) is 3.63. The number of fused-ring (bicyclic) bond motifs is 2. The minimum atomic E-state index is -0.163. The van der Waals surface area contributed by atoms with Crippen molar-refractivity contribution in [2.75, 3.05) is 0 Å². The summed E-state index contributed by atoms with van der Waals surface area (Å²) in [6.45, 7) is 5.33. The molecule has 0 amide bonds. The fraction of sp³-hybridized carbons (Fsp3) is 0.238. The maximum absolute atomic E-state index is 13.0. The van der Waals surface area contributed by atoms with Crippen LogP contribution in [0.4, 0.5) is 0 Å². The number of aryl methyl sites for hydroxylation is 3. The molecule has 0 aliphatic heterocycles. The van der Waals surface area contributed by atoms with Gasteiger partial charge in [0.2, 0.25) is 0 Å². The van der Waals surface area contributed by atoms with Gasteiger partial charge in [0.05, 0.1) is 22.1 Å². The Bertz CT molecular complexity index is 1310. The number of nitrogens with zero attached hydrogens (tertiary/aromatic N) is 4. The highest BCUT2D eigenvalue weighted by Gasteiger charge is 2.16. The molecule has 4 rings (SSSR count). The average Bonchev–Trinajstić information content (AvgIpc) is 2.91. The van der Waals surface area contributed by atoms with Crippen LogP contribution in [-0.2, 0) is 14.1 Å². The largest absolute Gasteiger partial charge is 0.295 e. The normalized spacial score (nSPS) is 11.4. The zero-order valence-corrected chi connectivity index (χ0v) is 16.0. The van der Waals surface area contributed by atoms with E-state index in [9.17, 15) is 9.59 Å². The summed E-state index contributed by atoms with van der Waals surface area (Å²) in [5, 5.41) is 5.92. The van der Waals surface area contributed by atoms with Crippen molar-refractivity contribution in [3.05, 3.63) is 57.5 Å². The van der Waals surface area contributed by atoms with Gasteiger partial charge in [-0.2, -0.15) is 5.10 Å². The van der Waals surface area contributed by atoms with Gasteiger partial charge in [0.15, 0.2) is 5.78 Å². The van der Waals surface area contributed by atoms with E-state index in [0.717, 1.165) is 27.7 Å². The van der Waals surface area contributed by atoms with E-state index in [4.69, 9.17) is 4.98 Å². The Labute approximate surface area is 156 Å². The van der Waals surface area contributed by atoms with E-state index in [1.165, 1.54) is 6.92 Å². The summed E-state index contributed by atoms with van der Waals surface area (Å²) >= 11 is 0. The lowest BCUT2D eigenvalue weighted by molar-refractivity contribution is 0.101. The van der Waals surface area contributed by atoms with Crippen molar-refractivity contribution in [2.24, 2.45) is 14.1 Å². The molecule has 0 radical (unpaired) electrons. The van der Waals surface area contributed by atoms with Crippen molar-refractivity contribution in [1.82, 2.24) is 19.3 Å². The molecular formula is C21H20N4O2. The standard InChI is InChI=1S/C21H20N4O2/c1-11-8-16(13(3)26)19-17(9-11)21(27)24(4)20(22-19)14-6-7-18-15(10-14)12(2)23-25(18)5/h6-10H,1-5H3. The number of ketones is 1. The van der Waals surface area contributed by atoms with Crippen molar-refractivity contribution < 1.29 is 4.79 Å². The van der Waals surface area contributed by atoms with E-state index in [0.29, 0.717) is 22.3 Å². The summed E-state index contributed by atoms with van der Waals surface area (Å²) in [7, 11) is 3.61. The maximum Gasteiger partial charge on any atom is 0.261 e. The molecule has 6 nitrogen and oxygen atoms in total. The SMILES string of the molecule is CC(=O)c1cc(C)cc2c(=O)n(C)c(-c3ccc4c(c3)c(C)nn4C)nc12. The third kappa shape index (κ3) is 2.56. The Morgan fingerprint density at radius 3 is 2.48 bits per heavy atom. The minimum absolute atomic E-state index is 0.103. The molecular weight excluding hydrogens is 340 g/mol. The minimum Gasteiger partial charge on any atom is -0.295 e. The first kappa shape index (κ1) is 17.1. The summed E-state index contributed by atoms with van der Waals surface area (Å²) in [6.07, 6.45) is 0. The van der Waals surface area contributed by atoms with E-state index < -0.39 is 0 Å². The number of aromatic nitrogens is 4. The molecule has 2 aromatic heterocycles. The molecule has 4 aromatic rings. The Hall–Kier alpha value is -3.28. The zero-order valence-electron chi connectivity index (χ0n) is 16.0. The number of hydrogen-bond acceptors (Lipinski definition) is 4. The van der Waals surface area contributed by atoms with Crippen molar-refractivity contribution >= 4 is 27.6 Å². The van der Waals surface area contributed by atoms with Crippen LogP contribution in [0.1, 0.15) is 28.5 Å². The maximum atomic E-state index is 13.0. The van der Waals surface area contributed by atoms with Crippen LogP contribution < -0.4 is 5.56 Å². The summed E-state index contributed by atoms with van der Waals surface area (Å²) < 4.78 is 3.37. The predicted molar refractivity (Wildman–Crippen MR) is 106 cm³/mol. The smallest absolute Gasteiger partial charge is 0.261 e. The number of hydrogen-bond donors (Lipinski definition) is 0. The topological polar surface area (TPSA) is 69.8 Å². The van der Waals surface area contributed by atoms with Gasteiger partial charge in [-0.25, -0.2) is 4.98 Å². The molecule has 0 spiro atoms. The Morgan fingerprint density at radius 2 is 1.78 bits per heavy atom. The highest BCUT2D eigenvalue weighted by molar-refractivity contribution is 6.06. The Balaban J connectivity index is 2.08. The molecule has 0 saturated heterocycles. The number of Topliss-reactive ketones (excluding diaryl/α,β-unsaturated/α-hetero) is 1. The van der Waals surface area contributed by atoms with Gasteiger partial charge >= 0.3 is 0 Å². The van der Waals surface area contributed by atoms with E-state index in [2.05, 4.69) is 5.10 Å². The molecule has 0 atom stereocenters. The van der Waals surface area contributed by atoms with Crippen molar-refractivity contribution in [1.29, 1.82) is 0 Å². The molecule has 0 aliphatic carbocycles. The molecule has 0 N–H and O–H groups in total. The number of carbonyl (C=O) groups is 1. The number of carbonyl (C=O) groups excluding carboxylic acids is 1. The van der Waals surface area contributed by atoms with Gasteiger partial charge in [-0.15, -0.1) is 0 Å². The van der Waals surface area contributed by atoms with Crippen molar-refractivity contribution in [3.8, 4) is 11.4 Å². The second-order valence-electron chi connectivity index (χ2n) is 7.01. The first-order valence-corrected chi connectivity index (χ1v) is 8.74. The first-order chi connectivity index (χ1) is 12.8. The van der Waals surface area contributed by atoms with Crippen LogP contribution in [-0.4, -0.2) is 25.1 Å². The van der Waals surface area contributed by atoms with Crippen LogP contribution in [0.3, 0.4) is 0 Å². The van der Waals surface area contributed by atoms with E-state index >= 15 is 0 Å². The quantitative estimate of drug-likeness (QED) is 0.514. The molecule has 136 valence electrons. The molecule has 0 saturated carbocycles. The number of rotatable bonds is 2.